The van der Waals surface area contributed by atoms with E-state index in [1.165, 1.54) is 0 Å². The molecule has 0 saturated heterocycles. The Morgan fingerprint density at radius 1 is 1.12 bits per heavy atom. The molecule has 0 atom stereocenters. The third-order valence-electron chi connectivity index (χ3n) is 3.86. The van der Waals surface area contributed by atoms with Gasteiger partial charge in [-0.1, -0.05) is 41.6 Å². The second-order valence-electron chi connectivity index (χ2n) is 5.58. The first-order valence-corrected chi connectivity index (χ1v) is 8.04. The normalized spacial score (nSPS) is 10.6. The lowest BCUT2D eigenvalue weighted by molar-refractivity contribution is 0.0942. The number of nitrogens with zero attached hydrogens (tertiary/aromatic N) is 4. The second-order valence-corrected chi connectivity index (χ2v) is 5.58. The highest BCUT2D eigenvalue weighted by Crippen LogP contribution is 2.19. The fourth-order valence-corrected chi connectivity index (χ4v) is 2.57. The smallest absolute Gasteiger partial charge is 0.273 e. The number of hydrogen-bond donors (Lipinski definition) is 1. The van der Waals surface area contributed by atoms with E-state index in [1.807, 2.05) is 42.5 Å². The Labute approximate surface area is 149 Å². The van der Waals surface area contributed by atoms with Gasteiger partial charge in [0, 0.05) is 42.3 Å². The molecule has 0 saturated carbocycles. The highest BCUT2D eigenvalue weighted by Gasteiger charge is 2.14. The van der Waals surface area contributed by atoms with Crippen molar-refractivity contribution in [3.8, 4) is 17.1 Å². The first-order valence-electron chi connectivity index (χ1n) is 8.04. The van der Waals surface area contributed by atoms with Gasteiger partial charge < -0.3 is 9.84 Å². The molecule has 0 aliphatic rings. The summed E-state index contributed by atoms with van der Waals surface area (Å²) in [6.45, 7) is 0.313. The van der Waals surface area contributed by atoms with Crippen molar-refractivity contribution in [1.29, 1.82) is 0 Å². The standard InChI is InChI=1S/C19H15N5O2/c25-19(16-11-17(26-23-16)14-5-2-1-3-6-14)22-12-15-7-4-8-21-18(15)24-10-9-20-13-24/h1-11,13H,12H2,(H,22,25). The molecule has 128 valence electrons. The first-order chi connectivity index (χ1) is 12.8. The van der Waals surface area contributed by atoms with E-state index in [2.05, 4.69) is 20.4 Å². The number of amides is 1. The maximum absolute atomic E-state index is 12.4. The lowest BCUT2D eigenvalue weighted by Crippen LogP contribution is -2.24. The molecular formula is C19H15N5O2. The van der Waals surface area contributed by atoms with E-state index >= 15 is 0 Å². The van der Waals surface area contributed by atoms with Gasteiger partial charge in [0.2, 0.25) is 0 Å². The summed E-state index contributed by atoms with van der Waals surface area (Å²) in [7, 11) is 0. The van der Waals surface area contributed by atoms with Gasteiger partial charge in [-0.15, -0.1) is 0 Å². The van der Waals surface area contributed by atoms with Gasteiger partial charge in [0.1, 0.15) is 12.1 Å². The Balaban J connectivity index is 1.48. The molecule has 3 aromatic heterocycles. The molecule has 0 aliphatic carbocycles. The van der Waals surface area contributed by atoms with Gasteiger partial charge in [-0.3, -0.25) is 9.36 Å². The molecular weight excluding hydrogens is 330 g/mol. The van der Waals surface area contributed by atoms with Gasteiger partial charge in [0.15, 0.2) is 11.5 Å². The van der Waals surface area contributed by atoms with Crippen molar-refractivity contribution in [2.75, 3.05) is 0 Å². The van der Waals surface area contributed by atoms with Crippen LogP contribution in [0.2, 0.25) is 0 Å². The zero-order valence-corrected chi connectivity index (χ0v) is 13.7. The van der Waals surface area contributed by atoms with Crippen molar-refractivity contribution in [3.63, 3.8) is 0 Å². The molecule has 7 heteroatoms. The largest absolute Gasteiger partial charge is 0.355 e. The number of hydrogen-bond acceptors (Lipinski definition) is 5. The molecule has 3 heterocycles. The van der Waals surface area contributed by atoms with E-state index in [0.717, 1.165) is 16.9 Å². The van der Waals surface area contributed by atoms with Crippen molar-refractivity contribution in [2.24, 2.45) is 0 Å². The zero-order chi connectivity index (χ0) is 17.8. The summed E-state index contributed by atoms with van der Waals surface area (Å²) in [5, 5.41) is 6.71. The van der Waals surface area contributed by atoms with Crippen LogP contribution in [0, 0.1) is 0 Å². The molecule has 26 heavy (non-hydrogen) atoms. The minimum Gasteiger partial charge on any atom is -0.355 e. The molecule has 4 aromatic rings. The quantitative estimate of drug-likeness (QED) is 0.601. The molecule has 4 rings (SSSR count). The van der Waals surface area contributed by atoms with Crippen LogP contribution in [0.25, 0.3) is 17.1 Å². The van der Waals surface area contributed by atoms with Gasteiger partial charge >= 0.3 is 0 Å². The average molecular weight is 345 g/mol. The monoisotopic (exact) mass is 345 g/mol. The van der Waals surface area contributed by atoms with Gasteiger partial charge in [-0.25, -0.2) is 9.97 Å². The Morgan fingerprint density at radius 3 is 2.81 bits per heavy atom. The summed E-state index contributed by atoms with van der Waals surface area (Å²) in [4.78, 5) is 20.8. The van der Waals surface area contributed by atoms with Crippen molar-refractivity contribution in [1.82, 2.24) is 25.0 Å². The molecule has 0 unspecified atom stereocenters. The van der Waals surface area contributed by atoms with Crippen molar-refractivity contribution in [2.45, 2.75) is 6.54 Å². The predicted octanol–water partition coefficient (Wildman–Crippen LogP) is 2.85. The van der Waals surface area contributed by atoms with Crippen LogP contribution in [-0.4, -0.2) is 25.6 Å². The zero-order valence-electron chi connectivity index (χ0n) is 13.7. The van der Waals surface area contributed by atoms with E-state index in [1.54, 1.807) is 35.6 Å². The molecule has 0 radical (unpaired) electrons. The maximum atomic E-state index is 12.4. The Morgan fingerprint density at radius 2 is 2.00 bits per heavy atom. The SMILES string of the molecule is O=C(NCc1cccnc1-n1ccnc1)c1cc(-c2ccccc2)on1. The number of aromatic nitrogens is 4. The third-order valence-corrected chi connectivity index (χ3v) is 3.86. The van der Waals surface area contributed by atoms with E-state index in [9.17, 15) is 4.79 Å². The van der Waals surface area contributed by atoms with Crippen LogP contribution < -0.4 is 5.32 Å². The predicted molar refractivity (Wildman–Crippen MR) is 94.5 cm³/mol. The summed E-state index contributed by atoms with van der Waals surface area (Å²) in [5.41, 5.74) is 1.97. The summed E-state index contributed by atoms with van der Waals surface area (Å²) in [5.74, 6) is 0.961. The van der Waals surface area contributed by atoms with Crippen LogP contribution in [-0.2, 0) is 6.54 Å². The van der Waals surface area contributed by atoms with Gasteiger partial charge in [0.05, 0.1) is 0 Å². The van der Waals surface area contributed by atoms with E-state index in [0.29, 0.717) is 12.3 Å². The number of benzene rings is 1. The summed E-state index contributed by atoms with van der Waals surface area (Å²) in [6.07, 6.45) is 6.84. The minimum absolute atomic E-state index is 0.233. The number of rotatable bonds is 5. The van der Waals surface area contributed by atoms with Gasteiger partial charge in [0.25, 0.3) is 5.91 Å². The summed E-state index contributed by atoms with van der Waals surface area (Å²) < 4.78 is 7.07. The van der Waals surface area contributed by atoms with Crippen LogP contribution in [0.15, 0.2) is 78.0 Å². The summed E-state index contributed by atoms with van der Waals surface area (Å²) in [6, 6.07) is 14.9. The number of carbonyl (C=O) groups is 1. The lowest BCUT2D eigenvalue weighted by Gasteiger charge is -2.09. The maximum Gasteiger partial charge on any atom is 0.273 e. The van der Waals surface area contributed by atoms with E-state index in [4.69, 9.17) is 4.52 Å². The molecule has 1 aromatic carbocycles. The second kappa shape index (κ2) is 7.02. The van der Waals surface area contributed by atoms with E-state index < -0.39 is 0 Å². The van der Waals surface area contributed by atoms with Crippen LogP contribution in [0.4, 0.5) is 0 Å². The van der Waals surface area contributed by atoms with Crippen molar-refractivity contribution in [3.05, 3.63) is 84.7 Å². The summed E-state index contributed by atoms with van der Waals surface area (Å²) >= 11 is 0. The fraction of sp³-hybridized carbons (Fsp3) is 0.0526. The molecule has 1 N–H and O–H groups in total. The highest BCUT2D eigenvalue weighted by molar-refractivity contribution is 5.93. The molecule has 0 spiro atoms. The van der Waals surface area contributed by atoms with Crippen LogP contribution in [0.5, 0.6) is 0 Å². The molecule has 7 nitrogen and oxygen atoms in total. The highest BCUT2D eigenvalue weighted by atomic mass is 16.5. The van der Waals surface area contributed by atoms with Crippen molar-refractivity contribution < 1.29 is 9.32 Å². The lowest BCUT2D eigenvalue weighted by atomic mass is 10.1. The third kappa shape index (κ3) is 3.23. The average Bonchev–Trinajstić information content (AvgIpc) is 3.39. The topological polar surface area (TPSA) is 85.8 Å². The van der Waals surface area contributed by atoms with Gasteiger partial charge in [-0.05, 0) is 6.07 Å². The Hall–Kier alpha value is -3.74. The Bertz CT molecular complexity index is 1010. The molecule has 0 aliphatic heterocycles. The fourth-order valence-electron chi connectivity index (χ4n) is 2.57. The van der Waals surface area contributed by atoms with Gasteiger partial charge in [-0.2, -0.15) is 0 Å². The van der Waals surface area contributed by atoms with E-state index in [-0.39, 0.29) is 11.6 Å². The first kappa shape index (κ1) is 15.8. The molecule has 0 fully saturated rings. The van der Waals surface area contributed by atoms with Crippen LogP contribution in [0.1, 0.15) is 16.1 Å². The van der Waals surface area contributed by atoms with Crippen LogP contribution >= 0.6 is 0 Å². The number of pyridine rings is 1. The number of carbonyl (C=O) groups excluding carboxylic acids is 1. The number of imidazole rings is 1. The van der Waals surface area contributed by atoms with Crippen LogP contribution in [0.3, 0.4) is 0 Å². The Kier molecular flexibility index (Phi) is 4.26. The molecule has 1 amide bonds. The minimum atomic E-state index is -0.309. The molecule has 0 bridgehead atoms. The number of nitrogens with one attached hydrogen (secondary N) is 1. The van der Waals surface area contributed by atoms with Crippen molar-refractivity contribution >= 4 is 5.91 Å².